The summed E-state index contributed by atoms with van der Waals surface area (Å²) >= 11 is 3.46. The SMILES string of the molecule is CC[C@H](C)NC(=O)[C@@H](C)N(Cc1cccc(Br)c1)C(=O)COc1cc(C)cc(C)c1. The van der Waals surface area contributed by atoms with Crippen molar-refractivity contribution < 1.29 is 14.3 Å². The number of aryl methyl sites for hydroxylation is 2. The van der Waals surface area contributed by atoms with E-state index in [0.717, 1.165) is 27.6 Å². The third-order valence-corrected chi connectivity index (χ3v) is 5.46. The molecule has 0 saturated carbocycles. The summed E-state index contributed by atoms with van der Waals surface area (Å²) in [4.78, 5) is 27.4. The number of ether oxygens (including phenoxy) is 1. The second-order valence-corrected chi connectivity index (χ2v) is 8.67. The zero-order valence-electron chi connectivity index (χ0n) is 18.4. The van der Waals surface area contributed by atoms with Gasteiger partial charge in [0.1, 0.15) is 11.8 Å². The quantitative estimate of drug-likeness (QED) is 0.568. The smallest absolute Gasteiger partial charge is 0.261 e. The van der Waals surface area contributed by atoms with Gasteiger partial charge in [-0.3, -0.25) is 9.59 Å². The zero-order chi connectivity index (χ0) is 22.3. The van der Waals surface area contributed by atoms with Gasteiger partial charge in [0.25, 0.3) is 5.91 Å². The molecule has 6 heteroatoms. The lowest BCUT2D eigenvalue weighted by molar-refractivity contribution is -0.142. The summed E-state index contributed by atoms with van der Waals surface area (Å²) in [7, 11) is 0. The molecule has 0 spiro atoms. The van der Waals surface area contributed by atoms with E-state index in [1.165, 1.54) is 0 Å². The molecule has 0 aliphatic rings. The molecular weight excluding hydrogens is 444 g/mol. The number of hydrogen-bond acceptors (Lipinski definition) is 3. The number of carbonyl (C=O) groups is 2. The van der Waals surface area contributed by atoms with Gasteiger partial charge < -0.3 is 15.0 Å². The Bertz CT molecular complexity index is 864. The average Bonchev–Trinajstić information content (AvgIpc) is 2.69. The van der Waals surface area contributed by atoms with Crippen LogP contribution in [0.1, 0.15) is 43.9 Å². The minimum Gasteiger partial charge on any atom is -0.484 e. The van der Waals surface area contributed by atoms with E-state index in [0.29, 0.717) is 12.3 Å². The molecule has 0 heterocycles. The van der Waals surface area contributed by atoms with Gasteiger partial charge >= 0.3 is 0 Å². The van der Waals surface area contributed by atoms with Crippen molar-refractivity contribution in [1.29, 1.82) is 0 Å². The first-order valence-electron chi connectivity index (χ1n) is 10.2. The van der Waals surface area contributed by atoms with E-state index in [-0.39, 0.29) is 24.5 Å². The molecule has 0 bridgehead atoms. The maximum Gasteiger partial charge on any atom is 0.261 e. The van der Waals surface area contributed by atoms with Crippen LogP contribution in [-0.2, 0) is 16.1 Å². The molecule has 0 aliphatic carbocycles. The van der Waals surface area contributed by atoms with E-state index >= 15 is 0 Å². The minimum atomic E-state index is -0.617. The van der Waals surface area contributed by atoms with Crippen LogP contribution >= 0.6 is 15.9 Å². The largest absolute Gasteiger partial charge is 0.484 e. The Morgan fingerprint density at radius 3 is 2.37 bits per heavy atom. The minimum absolute atomic E-state index is 0.0503. The van der Waals surface area contributed by atoms with Crippen molar-refractivity contribution in [3.05, 3.63) is 63.6 Å². The molecule has 0 unspecified atom stereocenters. The maximum absolute atomic E-state index is 13.1. The van der Waals surface area contributed by atoms with Gasteiger partial charge in [-0.05, 0) is 75.1 Å². The lowest BCUT2D eigenvalue weighted by atomic mass is 10.1. The number of hydrogen-bond donors (Lipinski definition) is 1. The van der Waals surface area contributed by atoms with E-state index in [2.05, 4.69) is 27.3 Å². The predicted octanol–water partition coefficient (Wildman–Crippen LogP) is 4.78. The van der Waals surface area contributed by atoms with Crippen LogP contribution in [0.3, 0.4) is 0 Å². The molecule has 0 fully saturated rings. The van der Waals surface area contributed by atoms with E-state index in [1.54, 1.807) is 11.8 Å². The summed E-state index contributed by atoms with van der Waals surface area (Å²) < 4.78 is 6.70. The van der Waals surface area contributed by atoms with Gasteiger partial charge in [-0.2, -0.15) is 0 Å². The Kier molecular flexibility index (Phi) is 8.90. The molecular formula is C24H31BrN2O3. The molecule has 5 nitrogen and oxygen atoms in total. The lowest BCUT2D eigenvalue weighted by Crippen LogP contribution is -2.50. The van der Waals surface area contributed by atoms with Gasteiger partial charge in [0.05, 0.1) is 0 Å². The summed E-state index contributed by atoms with van der Waals surface area (Å²) in [5, 5.41) is 2.97. The van der Waals surface area contributed by atoms with Crippen LogP contribution < -0.4 is 10.1 Å². The molecule has 2 rings (SSSR count). The Morgan fingerprint density at radius 2 is 1.77 bits per heavy atom. The second-order valence-electron chi connectivity index (χ2n) is 7.76. The molecule has 0 aliphatic heterocycles. The van der Waals surface area contributed by atoms with Crippen molar-refractivity contribution in [2.45, 2.75) is 59.7 Å². The predicted molar refractivity (Wildman–Crippen MR) is 123 cm³/mol. The van der Waals surface area contributed by atoms with E-state index < -0.39 is 6.04 Å². The van der Waals surface area contributed by atoms with Crippen molar-refractivity contribution >= 4 is 27.7 Å². The Balaban J connectivity index is 2.17. The fourth-order valence-electron chi connectivity index (χ4n) is 3.12. The summed E-state index contributed by atoms with van der Waals surface area (Å²) in [6.45, 7) is 9.89. The number of amides is 2. The summed E-state index contributed by atoms with van der Waals surface area (Å²) in [5.41, 5.74) is 3.08. The molecule has 30 heavy (non-hydrogen) atoms. The molecule has 2 aromatic rings. The second kappa shape index (κ2) is 11.2. The molecule has 0 aromatic heterocycles. The Labute approximate surface area is 187 Å². The fraction of sp³-hybridized carbons (Fsp3) is 0.417. The Hall–Kier alpha value is -2.34. The van der Waals surface area contributed by atoms with E-state index in [4.69, 9.17) is 4.74 Å². The van der Waals surface area contributed by atoms with Gasteiger partial charge in [0, 0.05) is 17.1 Å². The van der Waals surface area contributed by atoms with Gasteiger partial charge in [0.15, 0.2) is 6.61 Å². The van der Waals surface area contributed by atoms with Gasteiger partial charge in [-0.1, -0.05) is 41.1 Å². The number of carbonyl (C=O) groups excluding carboxylic acids is 2. The third-order valence-electron chi connectivity index (χ3n) is 4.97. The normalized spacial score (nSPS) is 12.7. The van der Waals surface area contributed by atoms with Gasteiger partial charge in [0.2, 0.25) is 5.91 Å². The zero-order valence-corrected chi connectivity index (χ0v) is 20.0. The number of halogens is 1. The standard InChI is InChI=1S/C24H31BrN2O3/c1-6-18(4)26-24(29)19(5)27(14-20-8-7-9-21(25)13-20)23(28)15-30-22-11-16(2)10-17(3)12-22/h7-13,18-19H,6,14-15H2,1-5H3,(H,26,29)/t18-,19+/m0/s1. The summed E-state index contributed by atoms with van der Waals surface area (Å²) in [6.07, 6.45) is 0.827. The highest BCUT2D eigenvalue weighted by Gasteiger charge is 2.27. The van der Waals surface area contributed by atoms with Crippen LogP contribution in [0.2, 0.25) is 0 Å². The number of nitrogens with one attached hydrogen (secondary N) is 1. The molecule has 1 N–H and O–H groups in total. The molecule has 2 amide bonds. The van der Waals surface area contributed by atoms with Crippen LogP contribution in [-0.4, -0.2) is 35.4 Å². The van der Waals surface area contributed by atoms with Crippen molar-refractivity contribution in [2.24, 2.45) is 0 Å². The molecule has 2 atom stereocenters. The Morgan fingerprint density at radius 1 is 1.10 bits per heavy atom. The van der Waals surface area contributed by atoms with Crippen molar-refractivity contribution in [2.75, 3.05) is 6.61 Å². The van der Waals surface area contributed by atoms with Crippen LogP contribution in [0.15, 0.2) is 46.9 Å². The summed E-state index contributed by atoms with van der Waals surface area (Å²) in [6, 6.07) is 13.0. The monoisotopic (exact) mass is 474 g/mol. The highest BCUT2D eigenvalue weighted by molar-refractivity contribution is 9.10. The van der Waals surface area contributed by atoms with E-state index in [9.17, 15) is 9.59 Å². The molecule has 0 saturated heterocycles. The molecule has 162 valence electrons. The average molecular weight is 475 g/mol. The van der Waals surface area contributed by atoms with Crippen molar-refractivity contribution in [3.63, 3.8) is 0 Å². The number of rotatable bonds is 9. The van der Waals surface area contributed by atoms with Crippen LogP contribution in [0.4, 0.5) is 0 Å². The van der Waals surface area contributed by atoms with Crippen LogP contribution in [0.25, 0.3) is 0 Å². The summed E-state index contributed by atoms with van der Waals surface area (Å²) in [5.74, 6) is 0.250. The van der Waals surface area contributed by atoms with Crippen LogP contribution in [0.5, 0.6) is 5.75 Å². The first-order valence-corrected chi connectivity index (χ1v) is 11.0. The van der Waals surface area contributed by atoms with Gasteiger partial charge in [-0.15, -0.1) is 0 Å². The topological polar surface area (TPSA) is 58.6 Å². The maximum atomic E-state index is 13.1. The van der Waals surface area contributed by atoms with Gasteiger partial charge in [-0.25, -0.2) is 0 Å². The molecule has 0 radical (unpaired) electrons. The fourth-order valence-corrected chi connectivity index (χ4v) is 3.57. The molecule has 2 aromatic carbocycles. The lowest BCUT2D eigenvalue weighted by Gasteiger charge is -2.29. The number of nitrogens with zero attached hydrogens (tertiary/aromatic N) is 1. The highest BCUT2D eigenvalue weighted by Crippen LogP contribution is 2.18. The first-order chi connectivity index (χ1) is 14.2. The third kappa shape index (κ3) is 7.17. The van der Waals surface area contributed by atoms with E-state index in [1.807, 2.05) is 64.1 Å². The van der Waals surface area contributed by atoms with Crippen molar-refractivity contribution in [1.82, 2.24) is 10.2 Å². The highest BCUT2D eigenvalue weighted by atomic mass is 79.9. The van der Waals surface area contributed by atoms with Crippen molar-refractivity contribution in [3.8, 4) is 5.75 Å². The number of benzene rings is 2. The first kappa shape index (κ1) is 23.9. The van der Waals surface area contributed by atoms with Crippen LogP contribution in [0, 0.1) is 13.8 Å².